The van der Waals surface area contributed by atoms with Gasteiger partial charge in [-0.1, -0.05) is 28.2 Å². The molecule has 1 atom stereocenters. The van der Waals surface area contributed by atoms with E-state index in [2.05, 4.69) is 25.7 Å². The summed E-state index contributed by atoms with van der Waals surface area (Å²) in [6.07, 6.45) is 2.12. The van der Waals surface area contributed by atoms with E-state index in [1.165, 1.54) is 23.1 Å². The van der Waals surface area contributed by atoms with Gasteiger partial charge in [0, 0.05) is 13.1 Å². The SMILES string of the molecule is CSc1nnc(NC(=O)c2nnc(N3CCC(O)C3)o2)s1. The Kier molecular flexibility index (Phi) is 4.03. The highest BCUT2D eigenvalue weighted by molar-refractivity contribution is 8.00. The number of hydrogen-bond donors (Lipinski definition) is 2. The molecule has 2 N–H and O–H groups in total. The van der Waals surface area contributed by atoms with Crippen molar-refractivity contribution in [2.24, 2.45) is 0 Å². The predicted octanol–water partition coefficient (Wildman–Crippen LogP) is 0.466. The van der Waals surface area contributed by atoms with Crippen LogP contribution < -0.4 is 10.2 Å². The summed E-state index contributed by atoms with van der Waals surface area (Å²) in [5.74, 6) is -0.676. The third-order valence-electron chi connectivity index (χ3n) is 2.84. The summed E-state index contributed by atoms with van der Waals surface area (Å²) in [6.45, 7) is 1.05. The zero-order chi connectivity index (χ0) is 14.8. The van der Waals surface area contributed by atoms with Gasteiger partial charge in [-0.25, -0.2) is 0 Å². The van der Waals surface area contributed by atoms with Crippen molar-refractivity contribution in [3.05, 3.63) is 5.89 Å². The number of carbonyl (C=O) groups excluding carboxylic acids is 1. The lowest BCUT2D eigenvalue weighted by Crippen LogP contribution is -2.21. The first kappa shape index (κ1) is 14.2. The molecular weight excluding hydrogens is 316 g/mol. The van der Waals surface area contributed by atoms with Gasteiger partial charge in [0.25, 0.3) is 0 Å². The van der Waals surface area contributed by atoms with Crippen molar-refractivity contribution in [3.63, 3.8) is 0 Å². The molecule has 3 rings (SSSR count). The number of aliphatic hydroxyl groups excluding tert-OH is 1. The summed E-state index contributed by atoms with van der Waals surface area (Å²) in [6, 6.07) is 0.235. The summed E-state index contributed by atoms with van der Waals surface area (Å²) in [4.78, 5) is 13.7. The normalized spacial score (nSPS) is 18.2. The number of hydrogen-bond acceptors (Lipinski definition) is 10. The average Bonchev–Trinajstić information content (AvgIpc) is 3.17. The number of aliphatic hydroxyl groups is 1. The van der Waals surface area contributed by atoms with E-state index >= 15 is 0 Å². The second-order valence-corrected chi connectivity index (χ2v) is 6.34. The van der Waals surface area contributed by atoms with Crippen molar-refractivity contribution in [1.82, 2.24) is 20.4 Å². The van der Waals surface area contributed by atoms with Crippen LogP contribution in [0, 0.1) is 0 Å². The molecule has 0 bridgehead atoms. The number of rotatable bonds is 4. The number of anilines is 2. The van der Waals surface area contributed by atoms with Gasteiger partial charge in [0.2, 0.25) is 5.13 Å². The highest BCUT2D eigenvalue weighted by atomic mass is 32.2. The topological polar surface area (TPSA) is 117 Å². The maximum absolute atomic E-state index is 12.0. The molecule has 0 spiro atoms. The summed E-state index contributed by atoms with van der Waals surface area (Å²) < 4.78 is 6.07. The van der Waals surface area contributed by atoms with Crippen LogP contribution in [0.15, 0.2) is 8.76 Å². The number of aromatic nitrogens is 4. The van der Waals surface area contributed by atoms with E-state index in [0.29, 0.717) is 24.6 Å². The van der Waals surface area contributed by atoms with Crippen LogP contribution in [0.1, 0.15) is 17.1 Å². The van der Waals surface area contributed by atoms with Gasteiger partial charge in [-0.05, 0) is 12.7 Å². The Labute approximate surface area is 127 Å². The molecule has 9 nitrogen and oxygen atoms in total. The molecule has 112 valence electrons. The van der Waals surface area contributed by atoms with Gasteiger partial charge in [0.15, 0.2) is 4.34 Å². The molecule has 0 aliphatic carbocycles. The molecule has 0 aromatic carbocycles. The third kappa shape index (κ3) is 3.14. The van der Waals surface area contributed by atoms with Gasteiger partial charge < -0.3 is 14.4 Å². The predicted molar refractivity (Wildman–Crippen MR) is 76.8 cm³/mol. The zero-order valence-corrected chi connectivity index (χ0v) is 12.6. The smallest absolute Gasteiger partial charge is 0.318 e. The molecule has 3 heterocycles. The van der Waals surface area contributed by atoms with Crippen molar-refractivity contribution < 1.29 is 14.3 Å². The quantitative estimate of drug-likeness (QED) is 0.610. The number of amides is 1. The van der Waals surface area contributed by atoms with Crippen LogP contribution in [0.5, 0.6) is 0 Å². The number of nitrogens with zero attached hydrogens (tertiary/aromatic N) is 5. The largest absolute Gasteiger partial charge is 0.399 e. The molecule has 1 aliphatic rings. The van der Waals surface area contributed by atoms with Crippen molar-refractivity contribution in [1.29, 1.82) is 0 Å². The lowest BCUT2D eigenvalue weighted by atomic mass is 10.3. The summed E-state index contributed by atoms with van der Waals surface area (Å²) in [5.41, 5.74) is 0. The molecule has 21 heavy (non-hydrogen) atoms. The van der Waals surface area contributed by atoms with Gasteiger partial charge in [-0.3, -0.25) is 10.1 Å². The third-order valence-corrected chi connectivity index (χ3v) is 4.66. The van der Waals surface area contributed by atoms with Crippen LogP contribution in [-0.4, -0.2) is 56.9 Å². The maximum atomic E-state index is 12.0. The van der Waals surface area contributed by atoms with E-state index in [1.54, 1.807) is 4.90 Å². The van der Waals surface area contributed by atoms with Crippen molar-refractivity contribution >= 4 is 40.2 Å². The van der Waals surface area contributed by atoms with Crippen molar-refractivity contribution in [3.8, 4) is 0 Å². The Balaban J connectivity index is 1.66. The van der Waals surface area contributed by atoms with E-state index in [1.807, 2.05) is 6.26 Å². The van der Waals surface area contributed by atoms with Crippen molar-refractivity contribution in [2.75, 3.05) is 29.6 Å². The van der Waals surface area contributed by atoms with E-state index < -0.39 is 12.0 Å². The monoisotopic (exact) mass is 328 g/mol. The van der Waals surface area contributed by atoms with E-state index in [-0.39, 0.29) is 11.9 Å². The van der Waals surface area contributed by atoms with Crippen LogP contribution in [0.25, 0.3) is 0 Å². The number of carbonyl (C=O) groups is 1. The summed E-state index contributed by atoms with van der Waals surface area (Å²) in [7, 11) is 0. The molecule has 0 radical (unpaired) electrons. The van der Waals surface area contributed by atoms with E-state index in [9.17, 15) is 9.90 Å². The minimum atomic E-state index is -0.530. The van der Waals surface area contributed by atoms with Crippen LogP contribution in [0.4, 0.5) is 11.1 Å². The first-order chi connectivity index (χ1) is 10.2. The Hall–Kier alpha value is -1.72. The number of β-amino-alcohol motifs (C(OH)–C–C–N with tert-alkyl or cyclic N) is 1. The Morgan fingerprint density at radius 3 is 3.00 bits per heavy atom. The summed E-state index contributed by atoms with van der Waals surface area (Å²) >= 11 is 2.71. The maximum Gasteiger partial charge on any atom is 0.318 e. The molecule has 1 fully saturated rings. The first-order valence-corrected chi connectivity index (χ1v) is 8.15. The van der Waals surface area contributed by atoms with Crippen LogP contribution in [0.2, 0.25) is 0 Å². The molecule has 0 saturated carbocycles. The second kappa shape index (κ2) is 5.95. The molecule has 1 amide bonds. The standard InChI is InChI=1S/C10H12N6O3S2/c1-20-10-15-13-8(21-10)11-6(18)7-12-14-9(19-7)16-3-2-5(17)4-16/h5,17H,2-4H2,1H3,(H,11,13,18). The zero-order valence-electron chi connectivity index (χ0n) is 11.0. The molecule has 2 aromatic heterocycles. The van der Waals surface area contributed by atoms with Gasteiger partial charge in [-0.15, -0.1) is 15.3 Å². The van der Waals surface area contributed by atoms with E-state index in [0.717, 1.165) is 4.34 Å². The fraction of sp³-hybridized carbons (Fsp3) is 0.500. The number of thioether (sulfide) groups is 1. The molecule has 1 aliphatic heterocycles. The molecule has 2 aromatic rings. The lowest BCUT2D eigenvalue weighted by molar-refractivity contribution is 0.0990. The highest BCUT2D eigenvalue weighted by Gasteiger charge is 2.26. The minimum Gasteiger partial charge on any atom is -0.399 e. The van der Waals surface area contributed by atoms with Gasteiger partial charge in [0.1, 0.15) is 0 Å². The van der Waals surface area contributed by atoms with Crippen LogP contribution in [0.3, 0.4) is 0 Å². The van der Waals surface area contributed by atoms with E-state index in [4.69, 9.17) is 4.42 Å². The molecule has 11 heteroatoms. The summed E-state index contributed by atoms with van der Waals surface area (Å²) in [5, 5.41) is 27.6. The molecule has 1 saturated heterocycles. The molecule has 1 unspecified atom stereocenters. The fourth-order valence-corrected chi connectivity index (χ4v) is 3.01. The lowest BCUT2D eigenvalue weighted by Gasteiger charge is -2.10. The van der Waals surface area contributed by atoms with Gasteiger partial charge >= 0.3 is 17.8 Å². The Morgan fingerprint density at radius 1 is 1.48 bits per heavy atom. The highest BCUT2D eigenvalue weighted by Crippen LogP contribution is 2.24. The van der Waals surface area contributed by atoms with Crippen LogP contribution >= 0.6 is 23.1 Å². The minimum absolute atomic E-state index is 0.146. The first-order valence-electron chi connectivity index (χ1n) is 6.11. The van der Waals surface area contributed by atoms with Gasteiger partial charge in [-0.2, -0.15) is 0 Å². The molecular formula is C10H12N6O3S2. The average molecular weight is 328 g/mol. The van der Waals surface area contributed by atoms with Crippen LogP contribution in [-0.2, 0) is 0 Å². The van der Waals surface area contributed by atoms with Gasteiger partial charge in [0.05, 0.1) is 6.10 Å². The fourth-order valence-electron chi connectivity index (χ4n) is 1.84. The second-order valence-electron chi connectivity index (χ2n) is 4.31. The van der Waals surface area contributed by atoms with Crippen molar-refractivity contribution in [2.45, 2.75) is 16.9 Å². The number of nitrogens with one attached hydrogen (secondary N) is 1. The Bertz CT molecular complexity index is 644. The Morgan fingerprint density at radius 2 is 2.33 bits per heavy atom.